The number of halogens is 1. The van der Waals surface area contributed by atoms with Gasteiger partial charge in [-0.3, -0.25) is 4.98 Å². The first-order valence-corrected chi connectivity index (χ1v) is 9.73. The van der Waals surface area contributed by atoms with Crippen molar-refractivity contribution in [1.29, 1.82) is 0 Å². The first-order valence-electron chi connectivity index (χ1n) is 9.35. The Bertz CT molecular complexity index is 1060. The number of anilines is 2. The average molecular weight is 436 g/mol. The summed E-state index contributed by atoms with van der Waals surface area (Å²) in [6, 6.07) is 3.05. The largest absolute Gasteiger partial charge is 0.454 e. The van der Waals surface area contributed by atoms with Crippen LogP contribution in [0.15, 0.2) is 22.7 Å². The van der Waals surface area contributed by atoms with Crippen LogP contribution in [0.3, 0.4) is 0 Å². The third kappa shape index (κ3) is 3.80. The van der Waals surface area contributed by atoms with Crippen molar-refractivity contribution in [2.45, 2.75) is 31.3 Å². The van der Waals surface area contributed by atoms with Crippen LogP contribution in [-0.4, -0.2) is 62.2 Å². The van der Waals surface area contributed by atoms with Gasteiger partial charge in [-0.25, -0.2) is 4.98 Å². The van der Waals surface area contributed by atoms with Crippen LogP contribution in [0.2, 0.25) is 5.15 Å². The van der Waals surface area contributed by atoms with Gasteiger partial charge >= 0.3 is 0 Å². The SMILES string of the molecule is COCc1cc2cc(-c3c(Cl)nc(N)nc3NC3CC(CO)C(O)C3O)oc2cn1. The molecule has 0 aliphatic heterocycles. The number of hydrogen-bond acceptors (Lipinski definition) is 10. The van der Waals surface area contributed by atoms with Crippen molar-refractivity contribution in [1.82, 2.24) is 15.0 Å². The Morgan fingerprint density at radius 2 is 2.10 bits per heavy atom. The van der Waals surface area contributed by atoms with E-state index in [1.807, 2.05) is 6.07 Å². The lowest BCUT2D eigenvalue weighted by molar-refractivity contribution is 0.00446. The van der Waals surface area contributed by atoms with Gasteiger partial charge in [0.25, 0.3) is 0 Å². The summed E-state index contributed by atoms with van der Waals surface area (Å²) in [6.07, 6.45) is -0.219. The highest BCUT2D eigenvalue weighted by Gasteiger charge is 2.41. The summed E-state index contributed by atoms with van der Waals surface area (Å²) in [5.41, 5.74) is 7.42. The van der Waals surface area contributed by atoms with Crippen molar-refractivity contribution in [3.63, 3.8) is 0 Å². The molecule has 4 atom stereocenters. The Morgan fingerprint density at radius 3 is 2.80 bits per heavy atom. The average Bonchev–Trinajstić information content (AvgIpc) is 3.23. The van der Waals surface area contributed by atoms with Gasteiger partial charge in [0.05, 0.1) is 36.2 Å². The predicted octanol–water partition coefficient (Wildman–Crippen LogP) is 1.18. The molecule has 6 N–H and O–H groups in total. The molecule has 0 saturated heterocycles. The minimum atomic E-state index is -1.10. The molecule has 0 bridgehead atoms. The Balaban J connectivity index is 1.73. The lowest BCUT2D eigenvalue weighted by Crippen LogP contribution is -2.35. The van der Waals surface area contributed by atoms with E-state index >= 15 is 0 Å². The quantitative estimate of drug-likeness (QED) is 0.355. The number of ether oxygens (including phenoxy) is 1. The standard InChI is InChI=1S/C19H22ClN5O5/c1-29-7-10-2-8-4-12(30-13(8)5-22-10)14-17(20)24-19(21)25-18(14)23-11-3-9(6-26)15(27)16(11)28/h2,4-5,9,11,15-16,26-28H,3,6-7H2,1H3,(H3,21,23,24,25). The van der Waals surface area contributed by atoms with Crippen molar-refractivity contribution in [3.05, 3.63) is 29.2 Å². The molecule has 1 saturated carbocycles. The summed E-state index contributed by atoms with van der Waals surface area (Å²) in [4.78, 5) is 12.5. The number of nitrogens with one attached hydrogen (secondary N) is 1. The Kier molecular flexibility index (Phi) is 5.76. The minimum absolute atomic E-state index is 0.0573. The van der Waals surface area contributed by atoms with Crippen molar-refractivity contribution in [2.24, 2.45) is 5.92 Å². The number of nitrogen functional groups attached to an aromatic ring is 1. The predicted molar refractivity (Wildman–Crippen MR) is 110 cm³/mol. The van der Waals surface area contributed by atoms with Crippen molar-refractivity contribution in [2.75, 3.05) is 24.8 Å². The second-order valence-electron chi connectivity index (χ2n) is 7.26. The maximum atomic E-state index is 10.3. The van der Waals surface area contributed by atoms with E-state index in [1.165, 1.54) is 0 Å². The summed E-state index contributed by atoms with van der Waals surface area (Å²) in [7, 11) is 1.59. The molecule has 3 aromatic rings. The molecule has 4 unspecified atom stereocenters. The smallest absolute Gasteiger partial charge is 0.223 e. The summed E-state index contributed by atoms with van der Waals surface area (Å²) in [6.45, 7) is 0.124. The van der Waals surface area contributed by atoms with Crippen molar-refractivity contribution in [3.8, 4) is 11.3 Å². The second-order valence-corrected chi connectivity index (χ2v) is 7.62. The maximum absolute atomic E-state index is 10.3. The summed E-state index contributed by atoms with van der Waals surface area (Å²) >= 11 is 6.37. The molecule has 4 rings (SSSR count). The van der Waals surface area contributed by atoms with Crippen molar-refractivity contribution < 1.29 is 24.5 Å². The highest BCUT2D eigenvalue weighted by Crippen LogP contribution is 2.38. The lowest BCUT2D eigenvalue weighted by atomic mass is 10.1. The van der Waals surface area contributed by atoms with E-state index < -0.39 is 24.2 Å². The number of methoxy groups -OCH3 is 1. The van der Waals surface area contributed by atoms with Gasteiger partial charge in [-0.15, -0.1) is 0 Å². The molecule has 3 heterocycles. The number of fused-ring (bicyclic) bond motifs is 1. The van der Waals surface area contributed by atoms with E-state index in [1.54, 1.807) is 19.4 Å². The summed E-state index contributed by atoms with van der Waals surface area (Å²) in [5, 5.41) is 33.8. The van der Waals surface area contributed by atoms with Crippen LogP contribution in [0, 0.1) is 5.92 Å². The second kappa shape index (κ2) is 8.32. The van der Waals surface area contributed by atoms with Crippen LogP contribution >= 0.6 is 11.6 Å². The number of nitrogens with two attached hydrogens (primary N) is 1. The minimum Gasteiger partial charge on any atom is -0.454 e. The molecule has 11 heteroatoms. The van der Waals surface area contributed by atoms with Crippen LogP contribution in [0.5, 0.6) is 0 Å². The third-order valence-corrected chi connectivity index (χ3v) is 5.51. The molecule has 0 radical (unpaired) electrons. The maximum Gasteiger partial charge on any atom is 0.223 e. The fraction of sp³-hybridized carbons (Fsp3) is 0.421. The zero-order chi connectivity index (χ0) is 21.4. The number of hydrogen-bond donors (Lipinski definition) is 5. The van der Waals surface area contributed by atoms with Gasteiger partial charge in [-0.1, -0.05) is 11.6 Å². The molecule has 1 aliphatic carbocycles. The summed E-state index contributed by atoms with van der Waals surface area (Å²) < 4.78 is 11.0. The number of pyridine rings is 1. The van der Waals surface area contributed by atoms with E-state index in [4.69, 9.17) is 26.5 Å². The molecule has 160 valence electrons. The Morgan fingerprint density at radius 1 is 1.30 bits per heavy atom. The molecule has 1 fully saturated rings. The third-order valence-electron chi connectivity index (χ3n) is 5.24. The van der Waals surface area contributed by atoms with Crippen LogP contribution < -0.4 is 11.1 Å². The highest BCUT2D eigenvalue weighted by molar-refractivity contribution is 6.32. The van der Waals surface area contributed by atoms with E-state index in [-0.39, 0.29) is 23.5 Å². The van der Waals surface area contributed by atoms with Crippen LogP contribution in [0.4, 0.5) is 11.8 Å². The van der Waals surface area contributed by atoms with E-state index in [0.29, 0.717) is 29.9 Å². The van der Waals surface area contributed by atoms with Gasteiger partial charge in [-0.2, -0.15) is 4.98 Å². The molecule has 1 aliphatic rings. The monoisotopic (exact) mass is 435 g/mol. The molecule has 0 spiro atoms. The summed E-state index contributed by atoms with van der Waals surface area (Å²) in [5.74, 6) is 0.136. The van der Waals surface area contributed by atoms with Gasteiger partial charge in [0.2, 0.25) is 5.95 Å². The van der Waals surface area contributed by atoms with E-state index in [9.17, 15) is 15.3 Å². The fourth-order valence-electron chi connectivity index (χ4n) is 3.74. The zero-order valence-electron chi connectivity index (χ0n) is 16.1. The molecule has 3 aromatic heterocycles. The van der Waals surface area contributed by atoms with Crippen LogP contribution in [0.25, 0.3) is 22.3 Å². The van der Waals surface area contributed by atoms with Gasteiger partial charge in [0, 0.05) is 25.0 Å². The van der Waals surface area contributed by atoms with Crippen LogP contribution in [0.1, 0.15) is 12.1 Å². The van der Waals surface area contributed by atoms with Gasteiger partial charge in [0.15, 0.2) is 5.58 Å². The normalized spacial score (nSPS) is 23.9. The number of aromatic nitrogens is 3. The molecule has 0 aromatic carbocycles. The zero-order valence-corrected chi connectivity index (χ0v) is 16.9. The Hall–Kier alpha value is -2.50. The van der Waals surface area contributed by atoms with E-state index in [2.05, 4.69) is 20.3 Å². The first kappa shape index (κ1) is 20.8. The number of furan rings is 1. The highest BCUT2D eigenvalue weighted by atomic mass is 35.5. The van der Waals surface area contributed by atoms with Gasteiger partial charge < -0.3 is 35.5 Å². The number of rotatable bonds is 6. The van der Waals surface area contributed by atoms with Crippen LogP contribution in [-0.2, 0) is 11.3 Å². The molecule has 0 amide bonds. The number of nitrogens with zero attached hydrogens (tertiary/aromatic N) is 3. The molecule has 30 heavy (non-hydrogen) atoms. The molecular formula is C19H22ClN5O5. The number of aliphatic hydroxyl groups is 3. The molecular weight excluding hydrogens is 414 g/mol. The van der Waals surface area contributed by atoms with Gasteiger partial charge in [0.1, 0.15) is 22.8 Å². The van der Waals surface area contributed by atoms with Gasteiger partial charge in [-0.05, 0) is 18.6 Å². The first-order chi connectivity index (χ1) is 14.4. The molecule has 10 nitrogen and oxygen atoms in total. The Labute approximate surface area is 176 Å². The van der Waals surface area contributed by atoms with Crippen molar-refractivity contribution >= 4 is 34.3 Å². The topological polar surface area (TPSA) is 160 Å². The lowest BCUT2D eigenvalue weighted by Gasteiger charge is -2.20. The number of aliphatic hydroxyl groups excluding tert-OH is 3. The van der Waals surface area contributed by atoms with E-state index in [0.717, 1.165) is 11.1 Å². The fourth-order valence-corrected chi connectivity index (χ4v) is 4.01.